The summed E-state index contributed by atoms with van der Waals surface area (Å²) in [5, 5.41) is 0. The molecule has 0 heterocycles. The molecule has 3 aliphatic carbocycles. The van der Waals surface area contributed by atoms with E-state index in [0.29, 0.717) is 28.8 Å². The summed E-state index contributed by atoms with van der Waals surface area (Å²) in [7, 11) is 0. The number of rotatable bonds is 1. The van der Waals surface area contributed by atoms with E-state index >= 15 is 0 Å². The van der Waals surface area contributed by atoms with Gasteiger partial charge in [0.25, 0.3) is 0 Å². The van der Waals surface area contributed by atoms with Crippen LogP contribution in [0.1, 0.15) is 48.5 Å². The zero-order valence-electron chi connectivity index (χ0n) is 12.9. The zero-order valence-corrected chi connectivity index (χ0v) is 12.9. The predicted molar refractivity (Wildman–Crippen MR) is 75.3 cm³/mol. The summed E-state index contributed by atoms with van der Waals surface area (Å²) in [4.78, 5) is 0. The maximum absolute atomic E-state index is 6.39. The van der Waals surface area contributed by atoms with Crippen LogP contribution < -0.4 is 0 Å². The normalized spacial score (nSPS) is 46.9. The fourth-order valence-corrected chi connectivity index (χ4v) is 5.05. The zero-order chi connectivity index (χ0) is 13.5. The summed E-state index contributed by atoms with van der Waals surface area (Å²) in [6.45, 7) is 16.4. The Kier molecular flexibility index (Phi) is 2.28. The van der Waals surface area contributed by atoms with Gasteiger partial charge in [-0.3, -0.25) is 0 Å². The number of hydrogen-bond donors (Lipinski definition) is 0. The van der Waals surface area contributed by atoms with Crippen molar-refractivity contribution in [1.82, 2.24) is 0 Å². The van der Waals surface area contributed by atoms with Crippen LogP contribution in [0, 0.1) is 34.5 Å². The van der Waals surface area contributed by atoms with Crippen LogP contribution in [0.5, 0.6) is 0 Å². The van der Waals surface area contributed by atoms with Gasteiger partial charge in [0, 0.05) is 11.8 Å². The van der Waals surface area contributed by atoms with Crippen LogP contribution in [0.2, 0.25) is 0 Å². The van der Waals surface area contributed by atoms with Gasteiger partial charge in [-0.05, 0) is 43.4 Å². The first-order valence-electron chi connectivity index (χ1n) is 7.43. The molecular weight excluding hydrogens is 220 g/mol. The molecule has 0 radical (unpaired) electrons. The van der Waals surface area contributed by atoms with Crippen molar-refractivity contribution in [2.24, 2.45) is 34.5 Å². The summed E-state index contributed by atoms with van der Waals surface area (Å²) in [5.74, 6) is 2.97. The molecule has 0 saturated heterocycles. The molecule has 18 heavy (non-hydrogen) atoms. The van der Waals surface area contributed by atoms with Crippen molar-refractivity contribution in [1.29, 1.82) is 0 Å². The molecule has 0 N–H and O–H groups in total. The Morgan fingerprint density at radius 3 is 1.56 bits per heavy atom. The third-order valence-corrected chi connectivity index (χ3v) is 6.35. The van der Waals surface area contributed by atoms with E-state index in [4.69, 9.17) is 4.74 Å². The molecule has 1 heteroatoms. The molecule has 3 rings (SSSR count). The molecule has 2 saturated carbocycles. The number of hydrogen-bond acceptors (Lipinski definition) is 1. The Labute approximate surface area is 112 Å². The van der Waals surface area contributed by atoms with E-state index in [9.17, 15) is 0 Å². The molecule has 0 aromatic heterocycles. The maximum Gasteiger partial charge on any atom is 0.0713 e. The molecule has 2 bridgehead atoms. The Bertz CT molecular complexity index is 366. The van der Waals surface area contributed by atoms with Crippen molar-refractivity contribution >= 4 is 0 Å². The van der Waals surface area contributed by atoms with Gasteiger partial charge in [0.05, 0.1) is 11.7 Å². The molecular formula is C17H28O. The van der Waals surface area contributed by atoms with Gasteiger partial charge in [-0.2, -0.15) is 0 Å². The van der Waals surface area contributed by atoms with E-state index in [1.54, 1.807) is 0 Å². The van der Waals surface area contributed by atoms with Gasteiger partial charge >= 0.3 is 0 Å². The molecule has 0 amide bonds. The van der Waals surface area contributed by atoms with Gasteiger partial charge in [-0.25, -0.2) is 0 Å². The summed E-state index contributed by atoms with van der Waals surface area (Å²) in [6.07, 6.45) is 5.32. The minimum absolute atomic E-state index is 0.0226. The number of fused-ring (bicyclic) bond motifs is 5. The van der Waals surface area contributed by atoms with Gasteiger partial charge in [0.15, 0.2) is 0 Å². The molecule has 3 aliphatic rings. The van der Waals surface area contributed by atoms with Gasteiger partial charge in [0.1, 0.15) is 0 Å². The Balaban J connectivity index is 1.90. The van der Waals surface area contributed by atoms with Crippen molar-refractivity contribution in [2.45, 2.75) is 60.2 Å². The average molecular weight is 248 g/mol. The lowest BCUT2D eigenvalue weighted by molar-refractivity contribution is -0.171. The summed E-state index contributed by atoms with van der Waals surface area (Å²) in [6, 6.07) is 0. The Morgan fingerprint density at radius 2 is 1.22 bits per heavy atom. The van der Waals surface area contributed by atoms with E-state index in [1.165, 1.54) is 0 Å². The second kappa shape index (κ2) is 3.23. The molecule has 1 nitrogen and oxygen atoms in total. The average Bonchev–Trinajstić information content (AvgIpc) is 2.70. The maximum atomic E-state index is 6.39. The summed E-state index contributed by atoms with van der Waals surface area (Å²) < 4.78 is 6.39. The van der Waals surface area contributed by atoms with Crippen LogP contribution in [0.25, 0.3) is 0 Å². The fourth-order valence-electron chi connectivity index (χ4n) is 5.05. The van der Waals surface area contributed by atoms with Gasteiger partial charge in [-0.15, -0.1) is 0 Å². The summed E-state index contributed by atoms with van der Waals surface area (Å²) >= 11 is 0. The van der Waals surface area contributed by atoms with Crippen LogP contribution >= 0.6 is 0 Å². The smallest absolute Gasteiger partial charge is 0.0713 e. The minimum atomic E-state index is -0.0226. The van der Waals surface area contributed by atoms with Crippen LogP contribution in [0.15, 0.2) is 12.2 Å². The minimum Gasteiger partial charge on any atom is -0.371 e. The molecule has 4 atom stereocenters. The topological polar surface area (TPSA) is 9.23 Å². The van der Waals surface area contributed by atoms with Gasteiger partial charge in [0.2, 0.25) is 0 Å². The monoisotopic (exact) mass is 248 g/mol. The van der Waals surface area contributed by atoms with E-state index in [2.05, 4.69) is 60.6 Å². The molecule has 0 spiro atoms. The van der Waals surface area contributed by atoms with E-state index in [0.717, 1.165) is 11.8 Å². The first-order valence-corrected chi connectivity index (χ1v) is 7.43. The molecule has 2 fully saturated rings. The quantitative estimate of drug-likeness (QED) is 0.629. The largest absolute Gasteiger partial charge is 0.371 e. The summed E-state index contributed by atoms with van der Waals surface area (Å²) in [5.41, 5.74) is 0.869. The Morgan fingerprint density at radius 1 is 0.833 bits per heavy atom. The van der Waals surface area contributed by atoms with Crippen molar-refractivity contribution in [2.75, 3.05) is 0 Å². The first kappa shape index (κ1) is 12.7. The van der Waals surface area contributed by atoms with E-state index in [1.807, 2.05) is 0 Å². The van der Waals surface area contributed by atoms with Crippen molar-refractivity contribution in [3.05, 3.63) is 12.2 Å². The first-order chi connectivity index (χ1) is 8.07. The highest BCUT2D eigenvalue weighted by Gasteiger charge is 2.72. The lowest BCUT2D eigenvalue weighted by Gasteiger charge is -2.65. The van der Waals surface area contributed by atoms with Crippen molar-refractivity contribution < 1.29 is 4.74 Å². The molecule has 102 valence electrons. The van der Waals surface area contributed by atoms with E-state index in [-0.39, 0.29) is 5.60 Å². The third kappa shape index (κ3) is 1.32. The van der Waals surface area contributed by atoms with Crippen molar-refractivity contribution in [3.8, 4) is 0 Å². The second-order valence-electron chi connectivity index (χ2n) is 8.73. The van der Waals surface area contributed by atoms with Gasteiger partial charge < -0.3 is 4.74 Å². The number of ether oxygens (including phenoxy) is 1. The highest BCUT2D eigenvalue weighted by Crippen LogP contribution is 2.75. The highest BCUT2D eigenvalue weighted by atomic mass is 16.5. The molecule has 4 unspecified atom stereocenters. The lowest BCUT2D eigenvalue weighted by Crippen LogP contribution is -2.61. The molecule has 0 aromatic rings. The predicted octanol–water partition coefficient (Wildman–Crippen LogP) is 4.28. The molecule has 0 aromatic carbocycles. The van der Waals surface area contributed by atoms with Crippen LogP contribution in [-0.4, -0.2) is 11.7 Å². The fraction of sp³-hybridized carbons (Fsp3) is 0.882. The van der Waals surface area contributed by atoms with Crippen LogP contribution in [0.3, 0.4) is 0 Å². The van der Waals surface area contributed by atoms with Crippen LogP contribution in [0.4, 0.5) is 0 Å². The third-order valence-electron chi connectivity index (χ3n) is 6.35. The lowest BCUT2D eigenvalue weighted by atomic mass is 9.38. The second-order valence-corrected chi connectivity index (χ2v) is 8.73. The van der Waals surface area contributed by atoms with E-state index < -0.39 is 0 Å². The standard InChI is InChI=1S/C17H28O/c1-15(2,3)18-14-10-8-9-11(14)13-12(10)16(4,5)17(13,6)7/h8-14H,1-7H3. The van der Waals surface area contributed by atoms with Crippen LogP contribution in [-0.2, 0) is 4.74 Å². The Hall–Kier alpha value is -0.300. The molecule has 0 aliphatic heterocycles. The van der Waals surface area contributed by atoms with Gasteiger partial charge in [-0.1, -0.05) is 39.8 Å². The van der Waals surface area contributed by atoms with Crippen molar-refractivity contribution in [3.63, 3.8) is 0 Å². The SMILES string of the molecule is CC(C)(C)OC1C2C=CC1C1C2C(C)(C)C1(C)C. The highest BCUT2D eigenvalue weighted by molar-refractivity contribution is 5.29.